The fraction of sp³-hybridized carbons (Fsp3) is 0.357. The van der Waals surface area contributed by atoms with Gasteiger partial charge in [-0.3, -0.25) is 9.69 Å². The van der Waals surface area contributed by atoms with Crippen molar-refractivity contribution in [1.82, 2.24) is 25.1 Å². The van der Waals surface area contributed by atoms with Crippen LogP contribution in [0.3, 0.4) is 0 Å². The number of alkyl halides is 3. The zero-order valence-electron chi connectivity index (χ0n) is 21.8. The van der Waals surface area contributed by atoms with Crippen molar-refractivity contribution in [2.24, 2.45) is 0 Å². The third kappa shape index (κ3) is 8.37. The summed E-state index contributed by atoms with van der Waals surface area (Å²) in [5.41, 5.74) is 1.65. The number of nitrogens with one attached hydrogen (secondary N) is 2. The summed E-state index contributed by atoms with van der Waals surface area (Å²) in [5, 5.41) is 15.4. The first-order valence-electron chi connectivity index (χ1n) is 12.6. The predicted molar refractivity (Wildman–Crippen MR) is 147 cm³/mol. The molecule has 0 aliphatic rings. The number of amides is 1. The van der Waals surface area contributed by atoms with Gasteiger partial charge in [0, 0.05) is 44.1 Å². The molecule has 2 N–H and O–H groups in total. The Morgan fingerprint density at radius 1 is 1.21 bits per heavy atom. The highest BCUT2D eigenvalue weighted by atomic mass is 32.1. The van der Waals surface area contributed by atoms with Crippen LogP contribution in [0.1, 0.15) is 48.2 Å². The van der Waals surface area contributed by atoms with Crippen molar-refractivity contribution in [3.63, 3.8) is 0 Å². The molecule has 7 nitrogen and oxygen atoms in total. The Labute approximate surface area is 231 Å². The average Bonchev–Trinajstić information content (AvgIpc) is 3.33. The molecule has 3 rings (SSSR count). The lowest BCUT2D eigenvalue weighted by Crippen LogP contribution is -2.52. The molecule has 2 aromatic carbocycles. The maximum atomic E-state index is 13.5. The van der Waals surface area contributed by atoms with Crippen molar-refractivity contribution in [3.8, 4) is 6.07 Å². The molecule has 1 aromatic heterocycles. The smallest absolute Gasteiger partial charge is 0.362 e. The van der Waals surface area contributed by atoms with Crippen molar-refractivity contribution in [2.45, 2.75) is 52.0 Å². The summed E-state index contributed by atoms with van der Waals surface area (Å²) in [6, 6.07) is 14.3. The number of thiocarbonyl (C=S) groups is 1. The number of hydrogen-bond acceptors (Lipinski definition) is 5. The van der Waals surface area contributed by atoms with E-state index in [9.17, 15) is 18.0 Å². The standard InChI is InChI=1S/C28H31F3N6OS/c1-3-12-35-27(39)37(20(2)15-33-16-23-6-4-5-7-25(23)28(29,30)31)26(38)13-24-17-34-19-36(24)18-22-10-8-21(14-32)9-11-22/h4-11,17,19-20,33H,3,12-13,15-16,18H2,1-2H3,(H,35,39)/t20-/m0/s1. The molecule has 0 bridgehead atoms. The number of hydrogen-bond donors (Lipinski definition) is 2. The molecule has 0 radical (unpaired) electrons. The first-order valence-corrected chi connectivity index (χ1v) is 13.0. The second kappa shape index (κ2) is 13.9. The molecule has 0 saturated carbocycles. The van der Waals surface area contributed by atoms with Gasteiger partial charge < -0.3 is 15.2 Å². The van der Waals surface area contributed by atoms with Gasteiger partial charge in [-0.05, 0) is 54.9 Å². The van der Waals surface area contributed by atoms with Crippen LogP contribution in [0.15, 0.2) is 61.1 Å². The summed E-state index contributed by atoms with van der Waals surface area (Å²) in [6.45, 7) is 5.06. The first kappa shape index (κ1) is 29.8. The molecule has 0 saturated heterocycles. The van der Waals surface area contributed by atoms with Crippen LogP contribution < -0.4 is 10.6 Å². The molecule has 11 heteroatoms. The number of carbonyl (C=O) groups excluding carboxylic acids is 1. The van der Waals surface area contributed by atoms with E-state index in [0.29, 0.717) is 24.3 Å². The average molecular weight is 557 g/mol. The predicted octanol–water partition coefficient (Wildman–Crippen LogP) is 4.66. The van der Waals surface area contributed by atoms with Gasteiger partial charge >= 0.3 is 6.18 Å². The van der Waals surface area contributed by atoms with Crippen LogP contribution in [0.2, 0.25) is 0 Å². The lowest BCUT2D eigenvalue weighted by molar-refractivity contribution is -0.138. The van der Waals surface area contributed by atoms with E-state index in [0.717, 1.165) is 18.1 Å². The Morgan fingerprint density at radius 2 is 1.92 bits per heavy atom. The maximum absolute atomic E-state index is 13.5. The number of benzene rings is 2. The molecular weight excluding hydrogens is 525 g/mol. The molecule has 0 unspecified atom stereocenters. The van der Waals surface area contributed by atoms with E-state index >= 15 is 0 Å². The molecule has 0 spiro atoms. The molecule has 206 valence electrons. The van der Waals surface area contributed by atoms with E-state index in [4.69, 9.17) is 17.5 Å². The van der Waals surface area contributed by atoms with Crippen LogP contribution in [0.5, 0.6) is 0 Å². The summed E-state index contributed by atoms with van der Waals surface area (Å²) in [5.74, 6) is -0.254. The van der Waals surface area contributed by atoms with Crippen LogP contribution in [0, 0.1) is 11.3 Å². The summed E-state index contributed by atoms with van der Waals surface area (Å²) in [6.07, 6.45) is -0.342. The van der Waals surface area contributed by atoms with Gasteiger partial charge in [0.25, 0.3) is 0 Å². The van der Waals surface area contributed by atoms with Gasteiger partial charge in [-0.2, -0.15) is 18.4 Å². The van der Waals surface area contributed by atoms with E-state index in [-0.39, 0.29) is 36.1 Å². The minimum atomic E-state index is -4.45. The number of rotatable bonds is 11. The van der Waals surface area contributed by atoms with E-state index in [1.807, 2.05) is 23.6 Å². The zero-order chi connectivity index (χ0) is 28.4. The first-order chi connectivity index (χ1) is 18.6. The topological polar surface area (TPSA) is 86.0 Å². The lowest BCUT2D eigenvalue weighted by atomic mass is 10.1. The molecule has 1 amide bonds. The fourth-order valence-electron chi connectivity index (χ4n) is 4.09. The van der Waals surface area contributed by atoms with Crippen LogP contribution in [-0.4, -0.2) is 44.6 Å². The molecular formula is C28H31F3N6OS. The fourth-order valence-corrected chi connectivity index (χ4v) is 4.48. The number of imidazole rings is 1. The molecule has 0 fully saturated rings. The second-order valence-electron chi connectivity index (χ2n) is 9.13. The van der Waals surface area contributed by atoms with E-state index in [2.05, 4.69) is 21.7 Å². The van der Waals surface area contributed by atoms with E-state index in [1.165, 1.54) is 17.0 Å². The van der Waals surface area contributed by atoms with Gasteiger partial charge in [-0.25, -0.2) is 4.98 Å². The molecule has 3 aromatic rings. The van der Waals surface area contributed by atoms with Crippen molar-refractivity contribution in [1.29, 1.82) is 5.26 Å². The quantitative estimate of drug-likeness (QED) is 0.335. The van der Waals surface area contributed by atoms with Gasteiger partial charge in [0.2, 0.25) is 5.91 Å². The monoisotopic (exact) mass is 556 g/mol. The highest BCUT2D eigenvalue weighted by molar-refractivity contribution is 7.80. The van der Waals surface area contributed by atoms with Gasteiger partial charge in [-0.1, -0.05) is 37.3 Å². The number of halogens is 3. The third-order valence-corrected chi connectivity index (χ3v) is 6.44. The molecule has 39 heavy (non-hydrogen) atoms. The van der Waals surface area contributed by atoms with Crippen molar-refractivity contribution < 1.29 is 18.0 Å². The van der Waals surface area contributed by atoms with E-state index in [1.54, 1.807) is 37.6 Å². The second-order valence-corrected chi connectivity index (χ2v) is 9.52. The summed E-state index contributed by atoms with van der Waals surface area (Å²) >= 11 is 5.53. The van der Waals surface area contributed by atoms with Gasteiger partial charge in [-0.15, -0.1) is 0 Å². The van der Waals surface area contributed by atoms with Gasteiger partial charge in [0.1, 0.15) is 0 Å². The highest BCUT2D eigenvalue weighted by Gasteiger charge is 2.33. The van der Waals surface area contributed by atoms with Gasteiger partial charge in [0.05, 0.1) is 29.9 Å². The summed E-state index contributed by atoms with van der Waals surface area (Å²) in [7, 11) is 0. The van der Waals surface area contributed by atoms with Crippen LogP contribution in [0.4, 0.5) is 13.2 Å². The minimum absolute atomic E-state index is 0.00539. The number of nitriles is 1. The van der Waals surface area contributed by atoms with Gasteiger partial charge in [0.15, 0.2) is 5.11 Å². The Balaban J connectivity index is 1.70. The molecule has 0 aliphatic carbocycles. The van der Waals surface area contributed by atoms with Crippen LogP contribution in [-0.2, 0) is 30.5 Å². The number of aromatic nitrogens is 2. The Morgan fingerprint density at radius 3 is 2.59 bits per heavy atom. The SMILES string of the molecule is CCCNC(=S)N(C(=O)Cc1cncn1Cc1ccc(C#N)cc1)[C@@H](C)CNCc1ccccc1C(F)(F)F. The van der Waals surface area contributed by atoms with E-state index < -0.39 is 17.8 Å². The maximum Gasteiger partial charge on any atom is 0.416 e. The van der Waals surface area contributed by atoms with Crippen LogP contribution in [0.25, 0.3) is 0 Å². The normalized spacial score (nSPS) is 12.0. The van der Waals surface area contributed by atoms with Crippen LogP contribution >= 0.6 is 12.2 Å². The van der Waals surface area contributed by atoms with Crippen molar-refractivity contribution in [3.05, 3.63) is 89.0 Å². The Bertz CT molecular complexity index is 1300. The summed E-state index contributed by atoms with van der Waals surface area (Å²) < 4.78 is 41.9. The van der Waals surface area contributed by atoms with Crippen molar-refractivity contribution >= 4 is 23.2 Å². The Kier molecular flexibility index (Phi) is 10.6. The number of nitrogens with zero attached hydrogens (tertiary/aromatic N) is 4. The lowest BCUT2D eigenvalue weighted by Gasteiger charge is -2.30. The summed E-state index contributed by atoms with van der Waals surface area (Å²) in [4.78, 5) is 19.2. The molecule has 0 aliphatic heterocycles. The zero-order valence-corrected chi connectivity index (χ0v) is 22.6. The Hall–Kier alpha value is -3.75. The minimum Gasteiger partial charge on any atom is -0.362 e. The third-order valence-electron chi connectivity index (χ3n) is 6.10. The number of carbonyl (C=O) groups is 1. The van der Waals surface area contributed by atoms with Crippen molar-refractivity contribution in [2.75, 3.05) is 13.1 Å². The highest BCUT2D eigenvalue weighted by Crippen LogP contribution is 2.31. The molecule has 1 heterocycles. The largest absolute Gasteiger partial charge is 0.416 e. The molecule has 1 atom stereocenters.